The van der Waals surface area contributed by atoms with Crippen molar-refractivity contribution in [3.8, 4) is 5.75 Å². The van der Waals surface area contributed by atoms with Crippen LogP contribution in [0, 0.1) is 0 Å². The topological polar surface area (TPSA) is 64.6 Å². The minimum atomic E-state index is -0.522. The van der Waals surface area contributed by atoms with Crippen LogP contribution in [0.25, 0.3) is 0 Å². The van der Waals surface area contributed by atoms with Crippen molar-refractivity contribution in [1.29, 1.82) is 0 Å². The highest BCUT2D eigenvalue weighted by molar-refractivity contribution is 6.04. The lowest BCUT2D eigenvalue weighted by molar-refractivity contribution is -0.146. The third kappa shape index (κ3) is 5.36. The monoisotopic (exact) mass is 499 g/mol. The van der Waals surface area contributed by atoms with Gasteiger partial charge in [0.25, 0.3) is 0 Å². The lowest BCUT2D eigenvalue weighted by atomic mass is 9.71. The number of dihydropyridines is 1. The van der Waals surface area contributed by atoms with Gasteiger partial charge >= 0.3 is 5.97 Å². The van der Waals surface area contributed by atoms with Gasteiger partial charge in [0.1, 0.15) is 11.9 Å². The molecule has 0 amide bonds. The maximum atomic E-state index is 13.9. The van der Waals surface area contributed by atoms with Crippen molar-refractivity contribution in [2.24, 2.45) is 0 Å². The van der Waals surface area contributed by atoms with Gasteiger partial charge in [0, 0.05) is 29.0 Å². The van der Waals surface area contributed by atoms with E-state index >= 15 is 0 Å². The van der Waals surface area contributed by atoms with Crippen molar-refractivity contribution in [3.63, 3.8) is 0 Å². The largest absolute Gasteiger partial charge is 0.491 e. The summed E-state index contributed by atoms with van der Waals surface area (Å²) < 4.78 is 12.3. The normalized spacial score (nSPS) is 22.5. The molecule has 0 saturated heterocycles. The molecule has 0 unspecified atom stereocenters. The number of carbonyl (C=O) groups is 2. The Morgan fingerprint density at radius 1 is 0.946 bits per heavy atom. The van der Waals surface area contributed by atoms with Crippen LogP contribution in [0.3, 0.4) is 0 Å². The number of carbonyl (C=O) groups excluding carboxylic acids is 2. The van der Waals surface area contributed by atoms with Crippen molar-refractivity contribution < 1.29 is 19.1 Å². The summed E-state index contributed by atoms with van der Waals surface area (Å²) in [5, 5.41) is 3.47. The number of allylic oxidation sites excluding steroid dienone is 3. The highest BCUT2D eigenvalue weighted by atomic mass is 16.5. The molecule has 37 heavy (non-hydrogen) atoms. The Morgan fingerprint density at radius 2 is 1.65 bits per heavy atom. The minimum Gasteiger partial charge on any atom is -0.491 e. The van der Waals surface area contributed by atoms with Crippen LogP contribution in [0.15, 0.2) is 77.1 Å². The van der Waals surface area contributed by atoms with Crippen molar-refractivity contribution >= 4 is 11.8 Å². The molecule has 5 nitrogen and oxygen atoms in total. The van der Waals surface area contributed by atoms with Crippen LogP contribution in [-0.2, 0) is 14.3 Å². The van der Waals surface area contributed by atoms with E-state index in [-0.39, 0.29) is 29.9 Å². The number of hydrogen-bond donors (Lipinski definition) is 1. The fourth-order valence-corrected chi connectivity index (χ4v) is 6.06. The van der Waals surface area contributed by atoms with Crippen LogP contribution in [0.2, 0.25) is 0 Å². The molecule has 5 rings (SSSR count). The maximum Gasteiger partial charge on any atom is 0.337 e. The van der Waals surface area contributed by atoms with Gasteiger partial charge in [0.15, 0.2) is 5.78 Å². The van der Waals surface area contributed by atoms with E-state index in [1.165, 1.54) is 6.42 Å². The minimum absolute atomic E-state index is 0.0384. The molecule has 2 atom stereocenters. The summed E-state index contributed by atoms with van der Waals surface area (Å²) in [5.41, 5.74) is 4.86. The molecular formula is C32H37NO4. The summed E-state index contributed by atoms with van der Waals surface area (Å²) in [6, 6.07) is 18.0. The van der Waals surface area contributed by atoms with Gasteiger partial charge in [-0.25, -0.2) is 4.79 Å². The molecule has 1 saturated carbocycles. The van der Waals surface area contributed by atoms with Crippen LogP contribution in [0.5, 0.6) is 5.75 Å². The van der Waals surface area contributed by atoms with Crippen molar-refractivity contribution in [3.05, 3.63) is 88.3 Å². The second-order valence-corrected chi connectivity index (χ2v) is 10.8. The summed E-state index contributed by atoms with van der Waals surface area (Å²) in [5.74, 6) is 0.0241. The number of hydrogen-bond acceptors (Lipinski definition) is 5. The summed E-state index contributed by atoms with van der Waals surface area (Å²) in [4.78, 5) is 27.6. The zero-order chi connectivity index (χ0) is 25.9. The van der Waals surface area contributed by atoms with Gasteiger partial charge < -0.3 is 14.8 Å². The first-order valence-corrected chi connectivity index (χ1v) is 13.7. The Labute approximate surface area is 219 Å². The van der Waals surface area contributed by atoms with E-state index in [1.54, 1.807) is 0 Å². The SMILES string of the molecule is CC1=C(C(=O)OC2CCCCC2)[C@@H](c2ccccc2OC(C)C)C2=C(C[C@H](c3ccccc3)CC2=O)N1. The third-order valence-corrected chi connectivity index (χ3v) is 7.74. The van der Waals surface area contributed by atoms with Gasteiger partial charge in [0.2, 0.25) is 0 Å². The van der Waals surface area contributed by atoms with E-state index in [4.69, 9.17) is 9.47 Å². The number of ketones is 1. The molecule has 2 aromatic rings. The predicted molar refractivity (Wildman–Crippen MR) is 144 cm³/mol. The second kappa shape index (κ2) is 11.0. The zero-order valence-corrected chi connectivity index (χ0v) is 22.1. The molecule has 0 bridgehead atoms. The predicted octanol–water partition coefficient (Wildman–Crippen LogP) is 6.71. The first-order valence-electron chi connectivity index (χ1n) is 13.7. The maximum absolute atomic E-state index is 13.9. The quantitative estimate of drug-likeness (QED) is 0.448. The average molecular weight is 500 g/mol. The second-order valence-electron chi connectivity index (χ2n) is 10.8. The van der Waals surface area contributed by atoms with Crippen molar-refractivity contribution in [2.45, 2.75) is 89.8 Å². The molecule has 1 aliphatic heterocycles. The smallest absolute Gasteiger partial charge is 0.337 e. The number of para-hydroxylation sites is 1. The zero-order valence-electron chi connectivity index (χ0n) is 22.1. The number of ether oxygens (including phenoxy) is 2. The molecule has 1 fully saturated rings. The first kappa shape index (κ1) is 25.3. The summed E-state index contributed by atoms with van der Waals surface area (Å²) in [7, 11) is 0. The molecular weight excluding hydrogens is 462 g/mol. The van der Waals surface area contributed by atoms with Gasteiger partial charge in [-0.05, 0) is 70.4 Å². The van der Waals surface area contributed by atoms with Crippen LogP contribution in [-0.4, -0.2) is 24.0 Å². The molecule has 0 aromatic heterocycles. The molecule has 3 aliphatic rings. The molecule has 2 aliphatic carbocycles. The number of nitrogens with one attached hydrogen (secondary N) is 1. The van der Waals surface area contributed by atoms with E-state index in [0.717, 1.165) is 54.6 Å². The fourth-order valence-electron chi connectivity index (χ4n) is 6.06. The van der Waals surface area contributed by atoms with E-state index in [1.807, 2.05) is 63.2 Å². The summed E-state index contributed by atoms with van der Waals surface area (Å²) in [6.45, 7) is 5.90. The number of esters is 1. The van der Waals surface area contributed by atoms with Crippen LogP contribution >= 0.6 is 0 Å². The molecule has 1 heterocycles. The number of benzene rings is 2. The molecule has 194 valence electrons. The number of rotatable bonds is 6. The van der Waals surface area contributed by atoms with Gasteiger partial charge in [-0.1, -0.05) is 55.0 Å². The Hall–Kier alpha value is -3.34. The van der Waals surface area contributed by atoms with E-state index < -0.39 is 5.92 Å². The first-order chi connectivity index (χ1) is 17.9. The highest BCUT2D eigenvalue weighted by Crippen LogP contribution is 2.48. The molecule has 0 radical (unpaired) electrons. The molecule has 5 heteroatoms. The lowest BCUT2D eigenvalue weighted by Crippen LogP contribution is -2.37. The molecule has 0 spiro atoms. The molecule has 1 N–H and O–H groups in total. The summed E-state index contributed by atoms with van der Waals surface area (Å²) >= 11 is 0. The average Bonchev–Trinajstić information content (AvgIpc) is 2.89. The Kier molecular flexibility index (Phi) is 7.50. The van der Waals surface area contributed by atoms with Gasteiger partial charge in [-0.3, -0.25) is 4.79 Å². The molecule has 2 aromatic carbocycles. The van der Waals surface area contributed by atoms with Crippen LogP contribution < -0.4 is 10.1 Å². The lowest BCUT2D eigenvalue weighted by Gasteiger charge is -2.37. The van der Waals surface area contributed by atoms with Crippen LogP contribution in [0.1, 0.15) is 88.7 Å². The Morgan fingerprint density at radius 3 is 2.38 bits per heavy atom. The standard InChI is InChI=1S/C32H37NO4/c1-20(2)36-28-17-11-10-16-25(28)30-29(32(35)37-24-14-8-5-9-15-24)21(3)33-26-18-23(19-27(34)31(26)30)22-12-6-4-7-13-22/h4,6-7,10-13,16-17,20,23-24,30,33H,5,8-9,14-15,18-19H2,1-3H3/t23-,30+/m0/s1. The van der Waals surface area contributed by atoms with E-state index in [0.29, 0.717) is 23.3 Å². The van der Waals surface area contributed by atoms with Gasteiger partial charge in [-0.2, -0.15) is 0 Å². The van der Waals surface area contributed by atoms with Crippen molar-refractivity contribution in [2.75, 3.05) is 0 Å². The van der Waals surface area contributed by atoms with E-state index in [9.17, 15) is 9.59 Å². The van der Waals surface area contributed by atoms with Crippen LogP contribution in [0.4, 0.5) is 0 Å². The van der Waals surface area contributed by atoms with E-state index in [2.05, 4.69) is 17.4 Å². The Bertz CT molecular complexity index is 1220. The third-order valence-electron chi connectivity index (χ3n) is 7.74. The Balaban J connectivity index is 1.57. The fraction of sp³-hybridized carbons (Fsp3) is 0.438. The highest BCUT2D eigenvalue weighted by Gasteiger charge is 2.43. The van der Waals surface area contributed by atoms with Gasteiger partial charge in [-0.15, -0.1) is 0 Å². The van der Waals surface area contributed by atoms with Crippen molar-refractivity contribution in [1.82, 2.24) is 5.32 Å². The number of Topliss-reactive ketones (excluding diaryl/α,β-unsaturated/α-hetero) is 1. The summed E-state index contributed by atoms with van der Waals surface area (Å²) in [6.07, 6.45) is 6.17. The van der Waals surface area contributed by atoms with Gasteiger partial charge in [0.05, 0.1) is 17.6 Å².